The third-order valence-corrected chi connectivity index (χ3v) is 4.52. The van der Waals surface area contributed by atoms with Crippen LogP contribution < -0.4 is 0 Å². The Hall–Kier alpha value is 0.0200. The minimum absolute atomic E-state index is 0.471. The molecule has 0 unspecified atom stereocenters. The lowest BCUT2D eigenvalue weighted by atomic mass is 10.0. The lowest BCUT2D eigenvalue weighted by Gasteiger charge is -2.20. The number of ketones is 1. The van der Waals surface area contributed by atoms with Crippen LogP contribution >= 0.6 is 11.8 Å². The summed E-state index contributed by atoms with van der Waals surface area (Å²) in [4.78, 5) is 11.5. The van der Waals surface area contributed by atoms with Gasteiger partial charge in [-0.1, -0.05) is 39.0 Å². The second-order valence-electron chi connectivity index (χ2n) is 4.57. The van der Waals surface area contributed by atoms with Gasteiger partial charge in [0.15, 0.2) is 0 Å². The van der Waals surface area contributed by atoms with E-state index in [-0.39, 0.29) is 0 Å². The van der Waals surface area contributed by atoms with Crippen LogP contribution in [0.15, 0.2) is 0 Å². The molecule has 0 radical (unpaired) electrons. The van der Waals surface area contributed by atoms with Crippen LogP contribution in [0.25, 0.3) is 0 Å². The number of hydrogen-bond donors (Lipinski definition) is 0. The van der Waals surface area contributed by atoms with Gasteiger partial charge in [-0.3, -0.25) is 4.79 Å². The van der Waals surface area contributed by atoms with Gasteiger partial charge < -0.3 is 0 Å². The van der Waals surface area contributed by atoms with E-state index in [4.69, 9.17) is 0 Å². The smallest absolute Gasteiger partial charge is 0.142 e. The quantitative estimate of drug-likeness (QED) is 0.607. The number of hydrogen-bond acceptors (Lipinski definition) is 2. The Morgan fingerprint density at radius 3 is 2.60 bits per heavy atom. The van der Waals surface area contributed by atoms with Crippen molar-refractivity contribution in [3.05, 3.63) is 0 Å². The number of carbonyl (C=O) groups excluding carboxylic acids is 1. The summed E-state index contributed by atoms with van der Waals surface area (Å²) in [6.07, 6.45) is 11.2. The van der Waals surface area contributed by atoms with E-state index < -0.39 is 0 Å². The van der Waals surface area contributed by atoms with E-state index in [0.29, 0.717) is 5.78 Å². The van der Waals surface area contributed by atoms with E-state index in [1.807, 2.05) is 11.8 Å². The average Bonchev–Trinajstić information content (AvgIpc) is 2.28. The molecule has 0 heterocycles. The van der Waals surface area contributed by atoms with Crippen molar-refractivity contribution >= 4 is 17.5 Å². The zero-order valence-corrected chi connectivity index (χ0v) is 10.8. The Labute approximate surface area is 98.4 Å². The Morgan fingerprint density at radius 1 is 1.20 bits per heavy atom. The van der Waals surface area contributed by atoms with Crippen molar-refractivity contribution in [3.63, 3.8) is 0 Å². The second-order valence-corrected chi connectivity index (χ2v) is 5.86. The van der Waals surface area contributed by atoms with Crippen LogP contribution in [0, 0.1) is 0 Å². The summed E-state index contributed by atoms with van der Waals surface area (Å²) in [5.41, 5.74) is 0. The maximum absolute atomic E-state index is 11.5. The van der Waals surface area contributed by atoms with E-state index >= 15 is 0 Å². The Morgan fingerprint density at radius 2 is 1.93 bits per heavy atom. The monoisotopic (exact) mass is 228 g/mol. The first-order chi connectivity index (χ1) is 7.33. The molecule has 0 bridgehead atoms. The molecule has 1 aliphatic carbocycles. The van der Waals surface area contributed by atoms with Gasteiger partial charge in [-0.2, -0.15) is 11.8 Å². The maximum atomic E-state index is 11.5. The molecule has 2 heteroatoms. The first-order valence-electron chi connectivity index (χ1n) is 6.46. The van der Waals surface area contributed by atoms with Crippen molar-refractivity contribution in [2.45, 2.75) is 70.0 Å². The lowest BCUT2D eigenvalue weighted by molar-refractivity contribution is -0.116. The van der Waals surface area contributed by atoms with E-state index in [1.54, 1.807) is 0 Å². The zero-order valence-electron chi connectivity index (χ0n) is 9.96. The summed E-state index contributed by atoms with van der Waals surface area (Å²) < 4.78 is 0. The molecule has 0 aromatic rings. The second kappa shape index (κ2) is 8.20. The van der Waals surface area contributed by atoms with Gasteiger partial charge >= 0.3 is 0 Å². The average molecular weight is 228 g/mol. The van der Waals surface area contributed by atoms with Crippen molar-refractivity contribution in [1.29, 1.82) is 0 Å². The number of Topliss-reactive ketones (excluding diaryl/α,β-unsaturated/α-hetero) is 1. The molecule has 0 saturated heterocycles. The van der Waals surface area contributed by atoms with Crippen molar-refractivity contribution in [3.8, 4) is 0 Å². The van der Waals surface area contributed by atoms with Gasteiger partial charge in [0.25, 0.3) is 0 Å². The fraction of sp³-hybridized carbons (Fsp3) is 0.923. The minimum Gasteiger partial charge on any atom is -0.299 e. The topological polar surface area (TPSA) is 17.1 Å². The van der Waals surface area contributed by atoms with Gasteiger partial charge in [0.1, 0.15) is 5.78 Å². The molecular formula is C13H24OS. The van der Waals surface area contributed by atoms with E-state index in [2.05, 4.69) is 6.92 Å². The number of thioether (sulfide) groups is 1. The summed E-state index contributed by atoms with van der Waals surface area (Å²) >= 11 is 1.91. The highest BCUT2D eigenvalue weighted by molar-refractivity contribution is 8.00. The fourth-order valence-corrected chi connectivity index (χ4v) is 3.32. The summed E-state index contributed by atoms with van der Waals surface area (Å²) in [7, 11) is 0. The summed E-state index contributed by atoms with van der Waals surface area (Å²) in [5.74, 6) is 1.24. The lowest BCUT2D eigenvalue weighted by Crippen LogP contribution is -2.12. The van der Waals surface area contributed by atoms with Gasteiger partial charge in [-0.15, -0.1) is 0 Å². The van der Waals surface area contributed by atoms with Gasteiger partial charge in [0.05, 0.1) is 5.75 Å². The van der Waals surface area contributed by atoms with Gasteiger partial charge in [-0.05, 0) is 19.3 Å². The number of unbranched alkanes of at least 4 members (excludes halogenated alkanes) is 2. The van der Waals surface area contributed by atoms with Gasteiger partial charge in [-0.25, -0.2) is 0 Å². The highest BCUT2D eigenvalue weighted by atomic mass is 32.2. The molecular weight excluding hydrogens is 204 g/mol. The third kappa shape index (κ3) is 6.24. The van der Waals surface area contributed by atoms with Crippen LogP contribution in [0.3, 0.4) is 0 Å². The predicted octanol–water partition coefficient (Wildman–Crippen LogP) is 4.20. The van der Waals surface area contributed by atoms with Crippen LogP contribution in [0.4, 0.5) is 0 Å². The number of carbonyl (C=O) groups is 1. The Balaban J connectivity index is 2.00. The van der Waals surface area contributed by atoms with E-state index in [1.165, 1.54) is 44.9 Å². The fourth-order valence-electron chi connectivity index (χ4n) is 2.09. The molecule has 1 nitrogen and oxygen atoms in total. The summed E-state index contributed by atoms with van der Waals surface area (Å²) in [6, 6.07) is 0. The highest BCUT2D eigenvalue weighted by Crippen LogP contribution is 2.28. The first kappa shape index (κ1) is 13.1. The van der Waals surface area contributed by atoms with Crippen LogP contribution in [0.2, 0.25) is 0 Å². The first-order valence-corrected chi connectivity index (χ1v) is 7.51. The predicted molar refractivity (Wildman–Crippen MR) is 68.5 cm³/mol. The summed E-state index contributed by atoms with van der Waals surface area (Å²) in [6.45, 7) is 2.18. The van der Waals surface area contributed by atoms with Crippen molar-refractivity contribution in [2.24, 2.45) is 0 Å². The molecule has 0 aliphatic heterocycles. The number of rotatable bonds is 7. The van der Waals surface area contributed by atoms with Crippen molar-refractivity contribution in [1.82, 2.24) is 0 Å². The van der Waals surface area contributed by atoms with Crippen molar-refractivity contribution < 1.29 is 4.79 Å². The molecule has 1 saturated carbocycles. The van der Waals surface area contributed by atoms with Crippen LogP contribution in [0.1, 0.15) is 64.7 Å². The van der Waals surface area contributed by atoms with E-state index in [0.717, 1.165) is 23.8 Å². The molecule has 88 valence electrons. The van der Waals surface area contributed by atoms with Gasteiger partial charge in [0.2, 0.25) is 0 Å². The van der Waals surface area contributed by atoms with Crippen molar-refractivity contribution in [2.75, 3.05) is 5.75 Å². The molecule has 0 N–H and O–H groups in total. The van der Waals surface area contributed by atoms with Gasteiger partial charge in [0, 0.05) is 11.7 Å². The SMILES string of the molecule is CCCCCC(=O)CSC1CCCCC1. The van der Waals surface area contributed by atoms with Crippen LogP contribution in [-0.2, 0) is 4.79 Å². The highest BCUT2D eigenvalue weighted by Gasteiger charge is 2.14. The summed E-state index contributed by atoms with van der Waals surface area (Å²) in [5, 5.41) is 0.786. The molecule has 0 aromatic heterocycles. The zero-order chi connectivity index (χ0) is 10.9. The third-order valence-electron chi connectivity index (χ3n) is 3.09. The molecule has 1 aliphatic rings. The van der Waals surface area contributed by atoms with Crippen LogP contribution in [-0.4, -0.2) is 16.8 Å². The largest absolute Gasteiger partial charge is 0.299 e. The molecule has 1 rings (SSSR count). The Kier molecular flexibility index (Phi) is 7.16. The molecule has 0 spiro atoms. The van der Waals surface area contributed by atoms with E-state index in [9.17, 15) is 4.79 Å². The molecule has 15 heavy (non-hydrogen) atoms. The molecule has 0 atom stereocenters. The van der Waals surface area contributed by atoms with Crippen LogP contribution in [0.5, 0.6) is 0 Å². The molecule has 0 amide bonds. The molecule has 0 aromatic carbocycles. The minimum atomic E-state index is 0.471. The normalized spacial score (nSPS) is 17.9. The maximum Gasteiger partial charge on any atom is 0.142 e. The standard InChI is InChI=1S/C13H24OS/c1-2-3-5-8-12(14)11-15-13-9-6-4-7-10-13/h13H,2-11H2,1H3. The molecule has 1 fully saturated rings. The Bertz CT molecular complexity index is 173.